The van der Waals surface area contributed by atoms with Crippen molar-refractivity contribution in [2.45, 2.75) is 78.4 Å². The van der Waals surface area contributed by atoms with Gasteiger partial charge in [-0.2, -0.15) is 0 Å². The van der Waals surface area contributed by atoms with Gasteiger partial charge >= 0.3 is 8.80 Å². The summed E-state index contributed by atoms with van der Waals surface area (Å²) in [5.74, 6) is 0. The molecule has 4 nitrogen and oxygen atoms in total. The minimum atomic E-state index is -2.54. The molecule has 0 aromatic heterocycles. The van der Waals surface area contributed by atoms with E-state index < -0.39 is 25.4 Å². The molecule has 1 aliphatic rings. The number of rotatable bonds is 10. The minimum absolute atomic E-state index is 0.604. The molecule has 0 heterocycles. The highest BCUT2D eigenvalue weighted by Crippen LogP contribution is 2.45. The summed E-state index contributed by atoms with van der Waals surface area (Å²) in [6, 6.07) is 0.869. The van der Waals surface area contributed by atoms with Crippen molar-refractivity contribution in [2.75, 3.05) is 20.8 Å². The fourth-order valence-corrected chi connectivity index (χ4v) is 13.8. The van der Waals surface area contributed by atoms with E-state index in [4.69, 9.17) is 13.0 Å². The van der Waals surface area contributed by atoms with Crippen LogP contribution in [0.3, 0.4) is 0 Å². The first kappa shape index (κ1) is 24.0. The Labute approximate surface area is 165 Å². The van der Waals surface area contributed by atoms with E-state index in [2.05, 4.69) is 65.4 Å². The van der Waals surface area contributed by atoms with Crippen molar-refractivity contribution in [2.24, 2.45) is 0 Å². The van der Waals surface area contributed by atoms with Crippen molar-refractivity contribution < 1.29 is 13.0 Å². The second-order valence-corrected chi connectivity index (χ2v) is 21.2. The smallest absolute Gasteiger partial charge is 0.416 e. The van der Waals surface area contributed by atoms with Crippen molar-refractivity contribution in [3.63, 3.8) is 0 Å². The molecule has 1 aliphatic carbocycles. The first-order valence-corrected chi connectivity index (χ1v) is 18.1. The Kier molecular flexibility index (Phi) is 8.29. The van der Waals surface area contributed by atoms with Crippen molar-refractivity contribution in [3.8, 4) is 0 Å². The monoisotopic (exact) mass is 415 g/mol. The Morgan fingerprint density at radius 2 is 1.31 bits per heavy atom. The van der Waals surface area contributed by atoms with Crippen LogP contribution in [-0.2, 0) is 13.0 Å². The van der Waals surface area contributed by atoms with Crippen molar-refractivity contribution >= 4 is 25.4 Å². The van der Waals surface area contributed by atoms with Gasteiger partial charge in [-0.3, -0.25) is 0 Å². The molecule has 26 heavy (non-hydrogen) atoms. The molecule has 0 unspecified atom stereocenters. The summed E-state index contributed by atoms with van der Waals surface area (Å²) in [7, 11) is -2.38. The maximum absolute atomic E-state index is 6.32. The Balaban J connectivity index is 2.69. The summed E-state index contributed by atoms with van der Waals surface area (Å²) in [4.78, 5) is 3.92. The zero-order valence-electron chi connectivity index (χ0n) is 18.9. The van der Waals surface area contributed by atoms with E-state index >= 15 is 0 Å². The van der Waals surface area contributed by atoms with E-state index in [1.165, 1.54) is 11.1 Å². The lowest BCUT2D eigenvalue weighted by molar-refractivity contribution is 0.157. The van der Waals surface area contributed by atoms with Gasteiger partial charge in [-0.1, -0.05) is 24.2 Å². The van der Waals surface area contributed by atoms with Gasteiger partial charge in [0.1, 0.15) is 8.24 Å². The van der Waals surface area contributed by atoms with Gasteiger partial charge in [0, 0.05) is 25.8 Å². The Morgan fingerprint density at radius 1 is 0.846 bits per heavy atom. The SMILES string of the molecule is CO[Si](CCCN[Si](C)(C)C1C(C)=C(C)C(C)=C1C)(OC)O[Si](C)(C)C. The summed E-state index contributed by atoms with van der Waals surface area (Å²) in [5, 5.41) is 0. The fourth-order valence-electron chi connectivity index (χ4n) is 4.14. The highest BCUT2D eigenvalue weighted by molar-refractivity contribution is 6.80. The first-order valence-electron chi connectivity index (χ1n) is 9.71. The minimum Gasteiger partial charge on any atom is -0.416 e. The van der Waals surface area contributed by atoms with E-state index in [1.807, 2.05) is 0 Å². The average Bonchev–Trinajstić information content (AvgIpc) is 2.73. The van der Waals surface area contributed by atoms with Crippen LogP contribution >= 0.6 is 0 Å². The second-order valence-electron chi connectivity index (χ2n) is 9.11. The lowest BCUT2D eigenvalue weighted by Gasteiger charge is -2.35. The Bertz CT molecular complexity index is 537. The molecule has 0 radical (unpaired) electrons. The van der Waals surface area contributed by atoms with Gasteiger partial charge in [0.15, 0.2) is 8.32 Å². The zero-order valence-corrected chi connectivity index (χ0v) is 21.9. The standard InChI is InChI=1S/C19H41NO3Si3/c1-15-16(2)18(4)19(17(15)3)25(10,11)20-13-12-14-26(21-5,22-6)23-24(7,8)9/h19-20H,12-14H2,1-11H3. The van der Waals surface area contributed by atoms with E-state index in [9.17, 15) is 0 Å². The van der Waals surface area contributed by atoms with Gasteiger partial charge in [0.05, 0.1) is 0 Å². The third-order valence-electron chi connectivity index (χ3n) is 5.66. The predicted molar refractivity (Wildman–Crippen MR) is 120 cm³/mol. The third-order valence-corrected chi connectivity index (χ3v) is 15.0. The molecule has 0 bridgehead atoms. The third kappa shape index (κ3) is 5.73. The van der Waals surface area contributed by atoms with Crippen LogP contribution in [0.1, 0.15) is 34.1 Å². The molecule has 0 aromatic rings. The normalized spacial score (nSPS) is 17.7. The molecule has 0 saturated carbocycles. The highest BCUT2D eigenvalue weighted by Gasteiger charge is 2.43. The van der Waals surface area contributed by atoms with Gasteiger partial charge in [-0.15, -0.1) is 0 Å². The quantitative estimate of drug-likeness (QED) is 0.387. The fraction of sp³-hybridized carbons (Fsp3) is 0.789. The van der Waals surface area contributed by atoms with Crippen molar-refractivity contribution in [1.82, 2.24) is 4.98 Å². The summed E-state index contributed by atoms with van der Waals surface area (Å²) in [5.41, 5.74) is 6.70. The summed E-state index contributed by atoms with van der Waals surface area (Å²) in [6.45, 7) is 21.6. The number of hydrogen-bond donors (Lipinski definition) is 1. The Hall–Kier alpha value is -0.0294. The van der Waals surface area contributed by atoms with E-state index in [0.717, 1.165) is 19.0 Å². The van der Waals surface area contributed by atoms with Crippen molar-refractivity contribution in [3.05, 3.63) is 22.3 Å². The van der Waals surface area contributed by atoms with Crippen LogP contribution < -0.4 is 4.98 Å². The van der Waals surface area contributed by atoms with Crippen LogP contribution in [-0.4, -0.2) is 46.1 Å². The first-order chi connectivity index (χ1) is 11.8. The molecule has 7 heteroatoms. The Morgan fingerprint density at radius 3 is 1.69 bits per heavy atom. The highest BCUT2D eigenvalue weighted by atomic mass is 28.5. The van der Waals surface area contributed by atoms with Gasteiger partial charge < -0.3 is 17.9 Å². The van der Waals surface area contributed by atoms with Crippen LogP contribution in [0.5, 0.6) is 0 Å². The molecule has 0 saturated heterocycles. The van der Waals surface area contributed by atoms with Crippen molar-refractivity contribution in [1.29, 1.82) is 0 Å². The maximum Gasteiger partial charge on any atom is 0.489 e. The molecular formula is C19H41NO3Si3. The molecule has 0 fully saturated rings. The molecule has 0 amide bonds. The van der Waals surface area contributed by atoms with Crippen LogP contribution in [0, 0.1) is 0 Å². The van der Waals surface area contributed by atoms with Gasteiger partial charge in [-0.05, 0) is 71.4 Å². The van der Waals surface area contributed by atoms with E-state index in [1.54, 1.807) is 25.4 Å². The molecule has 1 rings (SSSR count). The van der Waals surface area contributed by atoms with E-state index in [0.29, 0.717) is 5.54 Å². The van der Waals surface area contributed by atoms with Gasteiger partial charge in [-0.25, -0.2) is 0 Å². The summed E-state index contributed by atoms with van der Waals surface area (Å²) >= 11 is 0. The molecule has 0 aliphatic heterocycles. The number of nitrogens with one attached hydrogen (secondary N) is 1. The molecule has 152 valence electrons. The van der Waals surface area contributed by atoms with Gasteiger partial charge in [0.25, 0.3) is 0 Å². The summed E-state index contributed by atoms with van der Waals surface area (Å²) < 4.78 is 17.8. The molecule has 0 spiro atoms. The second kappa shape index (κ2) is 8.98. The van der Waals surface area contributed by atoms with Crippen LogP contribution in [0.2, 0.25) is 44.3 Å². The molecule has 1 N–H and O–H groups in total. The zero-order chi connectivity index (χ0) is 20.3. The maximum atomic E-state index is 6.32. The number of hydrogen-bond acceptors (Lipinski definition) is 4. The molecular weight excluding hydrogens is 374 g/mol. The van der Waals surface area contributed by atoms with Crippen LogP contribution in [0.25, 0.3) is 0 Å². The lowest BCUT2D eigenvalue weighted by Crippen LogP contribution is -2.52. The number of allylic oxidation sites excluding steroid dienone is 4. The van der Waals surface area contributed by atoms with Crippen LogP contribution in [0.15, 0.2) is 22.3 Å². The molecule has 0 atom stereocenters. The summed E-state index contributed by atoms with van der Waals surface area (Å²) in [6.07, 6.45) is 1.02. The van der Waals surface area contributed by atoms with Crippen LogP contribution in [0.4, 0.5) is 0 Å². The lowest BCUT2D eigenvalue weighted by atomic mass is 10.1. The topological polar surface area (TPSA) is 39.7 Å². The molecule has 0 aromatic carbocycles. The predicted octanol–water partition coefficient (Wildman–Crippen LogP) is 5.31. The largest absolute Gasteiger partial charge is 0.489 e. The van der Waals surface area contributed by atoms with E-state index in [-0.39, 0.29) is 0 Å². The van der Waals surface area contributed by atoms with Gasteiger partial charge in [0.2, 0.25) is 0 Å². The average molecular weight is 416 g/mol.